The van der Waals surface area contributed by atoms with Crippen molar-refractivity contribution < 1.29 is 4.79 Å². The number of nitrogens with one attached hydrogen (secondary N) is 1. The molecule has 1 fully saturated rings. The molecule has 1 aliphatic carbocycles. The minimum Gasteiger partial charge on any atom is -0.356 e. The standard InChI is InChI=1S/C8H14NO/c1-2-9-8(10)7-5-3-4-6-7/h3,7H,2,4-6H2,1H3,(H,9,10)/t7-/m0/s1. The predicted octanol–water partition coefficient (Wildman–Crippen LogP) is 1.13. The lowest BCUT2D eigenvalue weighted by Gasteiger charge is -2.06. The second kappa shape index (κ2) is 3.59. The molecule has 0 aromatic carbocycles. The van der Waals surface area contributed by atoms with Crippen LogP contribution in [-0.2, 0) is 4.79 Å². The molecule has 0 unspecified atom stereocenters. The first-order chi connectivity index (χ1) is 4.84. The first-order valence-electron chi connectivity index (χ1n) is 3.94. The fourth-order valence-electron chi connectivity index (χ4n) is 1.31. The summed E-state index contributed by atoms with van der Waals surface area (Å²) >= 11 is 0. The van der Waals surface area contributed by atoms with Crippen molar-refractivity contribution in [1.82, 2.24) is 5.32 Å². The van der Waals surface area contributed by atoms with Crippen LogP contribution < -0.4 is 5.32 Å². The van der Waals surface area contributed by atoms with Crippen LogP contribution in [0.3, 0.4) is 0 Å². The van der Waals surface area contributed by atoms with Crippen LogP contribution in [0.4, 0.5) is 0 Å². The molecule has 1 atom stereocenters. The van der Waals surface area contributed by atoms with Crippen LogP contribution in [0, 0.1) is 12.3 Å². The van der Waals surface area contributed by atoms with Gasteiger partial charge in [-0.3, -0.25) is 4.79 Å². The van der Waals surface area contributed by atoms with Gasteiger partial charge in [-0.25, -0.2) is 0 Å². The van der Waals surface area contributed by atoms with E-state index in [1.807, 2.05) is 6.92 Å². The van der Waals surface area contributed by atoms with E-state index in [-0.39, 0.29) is 11.8 Å². The lowest BCUT2D eigenvalue weighted by atomic mass is 10.1. The molecule has 1 rings (SSSR count). The summed E-state index contributed by atoms with van der Waals surface area (Å²) in [7, 11) is 0. The van der Waals surface area contributed by atoms with Gasteiger partial charge in [0.2, 0.25) is 5.91 Å². The fourth-order valence-corrected chi connectivity index (χ4v) is 1.31. The highest BCUT2D eigenvalue weighted by atomic mass is 16.1. The van der Waals surface area contributed by atoms with Gasteiger partial charge in [-0.15, -0.1) is 0 Å². The van der Waals surface area contributed by atoms with Crippen molar-refractivity contribution in [2.45, 2.75) is 26.2 Å². The zero-order valence-corrected chi connectivity index (χ0v) is 6.39. The monoisotopic (exact) mass is 140 g/mol. The van der Waals surface area contributed by atoms with Gasteiger partial charge in [0.15, 0.2) is 0 Å². The maximum atomic E-state index is 11.1. The number of carbonyl (C=O) groups excluding carboxylic acids is 1. The van der Waals surface area contributed by atoms with Crippen LogP contribution in [0.15, 0.2) is 0 Å². The Balaban J connectivity index is 2.25. The molecule has 0 spiro atoms. The van der Waals surface area contributed by atoms with E-state index in [9.17, 15) is 4.79 Å². The topological polar surface area (TPSA) is 29.1 Å². The molecule has 1 saturated carbocycles. The molecule has 0 saturated heterocycles. The second-order valence-corrected chi connectivity index (χ2v) is 2.69. The Morgan fingerprint density at radius 2 is 2.60 bits per heavy atom. The van der Waals surface area contributed by atoms with E-state index in [0.29, 0.717) is 0 Å². The second-order valence-electron chi connectivity index (χ2n) is 2.69. The maximum absolute atomic E-state index is 11.1. The number of amides is 1. The number of rotatable bonds is 2. The first-order valence-corrected chi connectivity index (χ1v) is 3.94. The van der Waals surface area contributed by atoms with E-state index in [1.54, 1.807) is 0 Å². The summed E-state index contributed by atoms with van der Waals surface area (Å²) < 4.78 is 0. The highest BCUT2D eigenvalue weighted by molar-refractivity contribution is 5.79. The summed E-state index contributed by atoms with van der Waals surface area (Å²) in [6.07, 6.45) is 5.33. The molecule has 0 aliphatic heterocycles. The Morgan fingerprint density at radius 1 is 1.80 bits per heavy atom. The smallest absolute Gasteiger partial charge is 0.223 e. The van der Waals surface area contributed by atoms with Gasteiger partial charge in [-0.1, -0.05) is 0 Å². The molecule has 10 heavy (non-hydrogen) atoms. The first kappa shape index (κ1) is 7.58. The Kier molecular flexibility index (Phi) is 2.72. The number of carbonyl (C=O) groups is 1. The van der Waals surface area contributed by atoms with Crippen molar-refractivity contribution in [3.8, 4) is 0 Å². The fraction of sp³-hybridized carbons (Fsp3) is 0.750. The van der Waals surface area contributed by atoms with Crippen molar-refractivity contribution >= 4 is 5.91 Å². The van der Waals surface area contributed by atoms with Gasteiger partial charge in [0.05, 0.1) is 0 Å². The van der Waals surface area contributed by atoms with E-state index < -0.39 is 0 Å². The molecule has 57 valence electrons. The molecule has 0 heterocycles. The zero-order chi connectivity index (χ0) is 7.40. The summed E-state index contributed by atoms with van der Waals surface area (Å²) in [5, 5.41) is 2.83. The highest BCUT2D eigenvalue weighted by Crippen LogP contribution is 2.23. The zero-order valence-electron chi connectivity index (χ0n) is 6.39. The molecule has 1 amide bonds. The average Bonchev–Trinajstić information content (AvgIpc) is 2.38. The quantitative estimate of drug-likeness (QED) is 0.612. The van der Waals surface area contributed by atoms with Gasteiger partial charge in [0.1, 0.15) is 0 Å². The largest absolute Gasteiger partial charge is 0.356 e. The molecule has 1 aliphatic rings. The summed E-state index contributed by atoms with van der Waals surface area (Å²) in [6.45, 7) is 2.71. The highest BCUT2D eigenvalue weighted by Gasteiger charge is 2.21. The molecule has 0 aromatic heterocycles. The third-order valence-electron chi connectivity index (χ3n) is 1.89. The SMILES string of the molecule is CCNC(=O)[C@H]1C[CH]CC1. The summed E-state index contributed by atoms with van der Waals surface area (Å²) in [4.78, 5) is 11.1. The van der Waals surface area contributed by atoms with Gasteiger partial charge in [-0.2, -0.15) is 0 Å². The lowest BCUT2D eigenvalue weighted by Crippen LogP contribution is -2.28. The van der Waals surface area contributed by atoms with Gasteiger partial charge >= 0.3 is 0 Å². The van der Waals surface area contributed by atoms with Crippen molar-refractivity contribution in [2.24, 2.45) is 5.92 Å². The molecular weight excluding hydrogens is 126 g/mol. The molecule has 1 N–H and O–H groups in total. The van der Waals surface area contributed by atoms with E-state index in [0.717, 1.165) is 25.8 Å². The Labute approximate surface area is 62.0 Å². The molecule has 0 bridgehead atoms. The number of hydrogen-bond donors (Lipinski definition) is 1. The van der Waals surface area contributed by atoms with E-state index in [2.05, 4.69) is 11.7 Å². The summed E-state index contributed by atoms with van der Waals surface area (Å²) in [5.74, 6) is 0.510. The third kappa shape index (κ3) is 1.72. The van der Waals surface area contributed by atoms with Crippen molar-refractivity contribution in [3.63, 3.8) is 0 Å². The Hall–Kier alpha value is -0.530. The van der Waals surface area contributed by atoms with Crippen LogP contribution in [0.5, 0.6) is 0 Å². The number of hydrogen-bond acceptors (Lipinski definition) is 1. The van der Waals surface area contributed by atoms with Crippen LogP contribution in [-0.4, -0.2) is 12.5 Å². The molecular formula is C8H14NO. The molecule has 1 radical (unpaired) electrons. The van der Waals surface area contributed by atoms with Gasteiger partial charge < -0.3 is 5.32 Å². The Morgan fingerprint density at radius 3 is 3.10 bits per heavy atom. The van der Waals surface area contributed by atoms with Crippen LogP contribution in [0.2, 0.25) is 0 Å². The van der Waals surface area contributed by atoms with Crippen LogP contribution in [0.25, 0.3) is 0 Å². The Bertz CT molecular complexity index is 116. The average molecular weight is 140 g/mol. The molecule has 2 heteroatoms. The predicted molar refractivity (Wildman–Crippen MR) is 40.3 cm³/mol. The van der Waals surface area contributed by atoms with Crippen LogP contribution in [0.1, 0.15) is 26.2 Å². The summed E-state index contributed by atoms with van der Waals surface area (Å²) in [6, 6.07) is 0. The van der Waals surface area contributed by atoms with Gasteiger partial charge in [0.25, 0.3) is 0 Å². The van der Waals surface area contributed by atoms with E-state index in [4.69, 9.17) is 0 Å². The van der Waals surface area contributed by atoms with Gasteiger partial charge in [0, 0.05) is 12.5 Å². The van der Waals surface area contributed by atoms with Crippen LogP contribution >= 0.6 is 0 Å². The summed E-state index contributed by atoms with van der Waals surface area (Å²) in [5.41, 5.74) is 0. The van der Waals surface area contributed by atoms with E-state index >= 15 is 0 Å². The van der Waals surface area contributed by atoms with Crippen molar-refractivity contribution in [1.29, 1.82) is 0 Å². The normalized spacial score (nSPS) is 19.3. The molecule has 0 aromatic rings. The minimum absolute atomic E-state index is 0.233. The van der Waals surface area contributed by atoms with Crippen molar-refractivity contribution in [3.05, 3.63) is 6.42 Å². The molecule has 2 nitrogen and oxygen atoms in total. The van der Waals surface area contributed by atoms with Crippen molar-refractivity contribution in [2.75, 3.05) is 6.54 Å². The lowest BCUT2D eigenvalue weighted by molar-refractivity contribution is -0.124. The van der Waals surface area contributed by atoms with E-state index in [1.165, 1.54) is 0 Å². The minimum atomic E-state index is 0.233. The van der Waals surface area contributed by atoms with Gasteiger partial charge in [-0.05, 0) is 32.6 Å². The third-order valence-corrected chi connectivity index (χ3v) is 1.89. The maximum Gasteiger partial charge on any atom is 0.223 e.